The summed E-state index contributed by atoms with van der Waals surface area (Å²) in [6.07, 6.45) is 1.39. The average molecular weight is 178 g/mol. The Kier molecular flexibility index (Phi) is 3.03. The number of aromatic hydroxyl groups is 1. The van der Waals surface area contributed by atoms with Crippen LogP contribution in [0.25, 0.3) is 0 Å². The maximum absolute atomic E-state index is 10.4. The lowest BCUT2D eigenvalue weighted by Crippen LogP contribution is -2.12. The molecule has 0 unspecified atom stereocenters. The molecule has 0 spiro atoms. The Morgan fingerprint density at radius 1 is 1.54 bits per heavy atom. The van der Waals surface area contributed by atoms with Gasteiger partial charge in [0.05, 0.1) is 6.21 Å². The zero-order valence-corrected chi connectivity index (χ0v) is 7.19. The van der Waals surface area contributed by atoms with E-state index in [1.807, 2.05) is 0 Å². The summed E-state index contributed by atoms with van der Waals surface area (Å²) >= 11 is 0. The highest BCUT2D eigenvalue weighted by Crippen LogP contribution is 2.12. The highest BCUT2D eigenvalue weighted by molar-refractivity contribution is 5.84. The van der Waals surface area contributed by atoms with Crippen LogP contribution in [0.1, 0.15) is 12.5 Å². The maximum Gasteiger partial charge on any atom is 0.236 e. The van der Waals surface area contributed by atoms with Gasteiger partial charge in [0.1, 0.15) is 5.75 Å². The van der Waals surface area contributed by atoms with Crippen molar-refractivity contribution in [2.24, 2.45) is 5.10 Å². The average Bonchev–Trinajstić information content (AvgIpc) is 2.08. The summed E-state index contributed by atoms with van der Waals surface area (Å²) in [5.74, 6) is -0.108. The molecule has 0 aliphatic carbocycles. The predicted molar refractivity (Wildman–Crippen MR) is 49.5 cm³/mol. The number of hydrogen-bond donors (Lipinski definition) is 2. The first-order valence-corrected chi connectivity index (χ1v) is 3.78. The molecule has 2 N–H and O–H groups in total. The van der Waals surface area contributed by atoms with E-state index < -0.39 is 0 Å². The van der Waals surface area contributed by atoms with Crippen molar-refractivity contribution in [3.63, 3.8) is 0 Å². The number of amides is 1. The lowest BCUT2D eigenvalue weighted by atomic mass is 10.2. The summed E-state index contributed by atoms with van der Waals surface area (Å²) in [6.45, 7) is 1.36. The molecule has 0 aliphatic rings. The second kappa shape index (κ2) is 4.25. The number of benzene rings is 1. The lowest BCUT2D eigenvalue weighted by molar-refractivity contribution is -0.118. The monoisotopic (exact) mass is 178 g/mol. The van der Waals surface area contributed by atoms with Crippen molar-refractivity contribution in [3.8, 4) is 5.75 Å². The number of phenolic OH excluding ortho intramolecular Hbond substituents is 1. The summed E-state index contributed by atoms with van der Waals surface area (Å²) in [5, 5.41) is 12.9. The van der Waals surface area contributed by atoms with Gasteiger partial charge in [0.2, 0.25) is 5.91 Å². The fraction of sp³-hybridized carbons (Fsp3) is 0.111. The Labute approximate surface area is 75.9 Å². The number of carbonyl (C=O) groups excluding carboxylic acids is 1. The molecule has 0 saturated heterocycles. The van der Waals surface area contributed by atoms with Crippen LogP contribution in [0.2, 0.25) is 0 Å². The summed E-state index contributed by atoms with van der Waals surface area (Å²) < 4.78 is 0. The van der Waals surface area contributed by atoms with Crippen molar-refractivity contribution in [1.29, 1.82) is 0 Å². The van der Waals surface area contributed by atoms with Crippen LogP contribution in [0.3, 0.4) is 0 Å². The first kappa shape index (κ1) is 9.25. The minimum atomic E-state index is -0.244. The zero-order valence-electron chi connectivity index (χ0n) is 7.19. The van der Waals surface area contributed by atoms with Gasteiger partial charge < -0.3 is 5.11 Å². The molecule has 0 aromatic heterocycles. The molecule has 0 aliphatic heterocycles. The molecule has 1 rings (SSSR count). The van der Waals surface area contributed by atoms with Gasteiger partial charge in [-0.15, -0.1) is 0 Å². The molecule has 0 bridgehead atoms. The molecule has 13 heavy (non-hydrogen) atoms. The van der Waals surface area contributed by atoms with E-state index in [2.05, 4.69) is 10.5 Å². The lowest BCUT2D eigenvalue weighted by Gasteiger charge is -1.96. The minimum Gasteiger partial charge on any atom is -0.507 e. The molecular weight excluding hydrogens is 168 g/mol. The predicted octanol–water partition coefficient (Wildman–Crippen LogP) is 0.862. The topological polar surface area (TPSA) is 61.7 Å². The molecule has 4 nitrogen and oxygen atoms in total. The highest BCUT2D eigenvalue weighted by atomic mass is 16.3. The van der Waals surface area contributed by atoms with Crippen LogP contribution in [0.15, 0.2) is 29.4 Å². The summed E-state index contributed by atoms with van der Waals surface area (Å²) in [5.41, 5.74) is 2.81. The van der Waals surface area contributed by atoms with Crippen LogP contribution < -0.4 is 5.43 Å². The van der Waals surface area contributed by atoms with Crippen molar-refractivity contribution in [2.45, 2.75) is 6.92 Å². The Bertz CT molecular complexity index is 334. The largest absolute Gasteiger partial charge is 0.507 e. The first-order valence-electron chi connectivity index (χ1n) is 3.78. The van der Waals surface area contributed by atoms with Crippen LogP contribution in [0.4, 0.5) is 0 Å². The van der Waals surface area contributed by atoms with E-state index in [1.165, 1.54) is 13.1 Å². The molecule has 0 atom stereocenters. The number of nitrogens with one attached hydrogen (secondary N) is 1. The molecule has 0 fully saturated rings. The van der Waals surface area contributed by atoms with E-state index in [4.69, 9.17) is 0 Å². The van der Waals surface area contributed by atoms with E-state index in [-0.39, 0.29) is 11.7 Å². The third-order valence-corrected chi connectivity index (χ3v) is 1.36. The van der Waals surface area contributed by atoms with Crippen molar-refractivity contribution in [3.05, 3.63) is 29.8 Å². The molecule has 0 saturated carbocycles. The van der Waals surface area contributed by atoms with Crippen LogP contribution in [-0.2, 0) is 4.79 Å². The van der Waals surface area contributed by atoms with E-state index >= 15 is 0 Å². The van der Waals surface area contributed by atoms with Gasteiger partial charge >= 0.3 is 0 Å². The Morgan fingerprint density at radius 3 is 2.85 bits per heavy atom. The zero-order chi connectivity index (χ0) is 9.68. The van der Waals surface area contributed by atoms with E-state index in [0.717, 1.165) is 0 Å². The summed E-state index contributed by atoms with van der Waals surface area (Å²) in [6, 6.07) is 6.73. The van der Waals surface area contributed by atoms with Gasteiger partial charge in [0.25, 0.3) is 0 Å². The smallest absolute Gasteiger partial charge is 0.236 e. The van der Waals surface area contributed by atoms with Gasteiger partial charge in [-0.3, -0.25) is 4.79 Å². The fourth-order valence-electron chi connectivity index (χ4n) is 0.789. The Hall–Kier alpha value is -1.84. The highest BCUT2D eigenvalue weighted by Gasteiger charge is 1.94. The number of para-hydroxylation sites is 1. The first-order chi connectivity index (χ1) is 6.20. The molecule has 0 heterocycles. The van der Waals surface area contributed by atoms with Crippen molar-refractivity contribution >= 4 is 12.1 Å². The third-order valence-electron chi connectivity index (χ3n) is 1.36. The SMILES string of the molecule is CC(=O)N/N=C\c1ccccc1O. The molecule has 1 aromatic carbocycles. The van der Waals surface area contributed by atoms with Crippen LogP contribution >= 0.6 is 0 Å². The van der Waals surface area contributed by atoms with Gasteiger partial charge in [0, 0.05) is 12.5 Å². The van der Waals surface area contributed by atoms with E-state index in [9.17, 15) is 9.90 Å². The van der Waals surface area contributed by atoms with Gasteiger partial charge in [0.15, 0.2) is 0 Å². The number of hydrogen-bond acceptors (Lipinski definition) is 3. The second-order valence-electron chi connectivity index (χ2n) is 2.49. The van der Waals surface area contributed by atoms with E-state index in [1.54, 1.807) is 24.3 Å². The molecule has 1 amide bonds. The van der Waals surface area contributed by atoms with E-state index in [0.29, 0.717) is 5.56 Å². The van der Waals surface area contributed by atoms with Crippen LogP contribution in [0.5, 0.6) is 5.75 Å². The number of phenols is 1. The molecule has 68 valence electrons. The van der Waals surface area contributed by atoms with Crippen LogP contribution in [0, 0.1) is 0 Å². The van der Waals surface area contributed by atoms with Crippen LogP contribution in [-0.4, -0.2) is 17.2 Å². The van der Waals surface area contributed by atoms with Crippen molar-refractivity contribution < 1.29 is 9.90 Å². The maximum atomic E-state index is 10.4. The quantitative estimate of drug-likeness (QED) is 0.521. The third kappa shape index (κ3) is 2.94. The minimum absolute atomic E-state index is 0.136. The number of nitrogens with zero attached hydrogens (tertiary/aromatic N) is 1. The fourth-order valence-corrected chi connectivity index (χ4v) is 0.789. The van der Waals surface area contributed by atoms with Gasteiger partial charge in [-0.05, 0) is 12.1 Å². The standard InChI is InChI=1S/C9H10N2O2/c1-7(12)11-10-6-8-4-2-3-5-9(8)13/h2-6,13H,1H3,(H,11,12)/b10-6-. The van der Waals surface area contributed by atoms with Crippen molar-refractivity contribution in [2.75, 3.05) is 0 Å². The Morgan fingerprint density at radius 2 is 2.23 bits per heavy atom. The normalized spacial score (nSPS) is 10.2. The van der Waals surface area contributed by atoms with Gasteiger partial charge in [-0.1, -0.05) is 12.1 Å². The van der Waals surface area contributed by atoms with Gasteiger partial charge in [-0.2, -0.15) is 5.10 Å². The summed E-state index contributed by atoms with van der Waals surface area (Å²) in [7, 11) is 0. The number of hydrazone groups is 1. The molecule has 4 heteroatoms. The molecule has 1 aromatic rings. The molecular formula is C9H10N2O2. The molecule has 0 radical (unpaired) electrons. The van der Waals surface area contributed by atoms with Gasteiger partial charge in [-0.25, -0.2) is 5.43 Å². The second-order valence-corrected chi connectivity index (χ2v) is 2.49. The summed E-state index contributed by atoms with van der Waals surface area (Å²) in [4.78, 5) is 10.4. The number of rotatable bonds is 2. The number of carbonyl (C=O) groups is 1. The van der Waals surface area contributed by atoms with Crippen molar-refractivity contribution in [1.82, 2.24) is 5.43 Å². The Balaban J connectivity index is 2.68.